The fourth-order valence-electron chi connectivity index (χ4n) is 1.98. The van der Waals surface area contributed by atoms with E-state index in [0.717, 1.165) is 31.3 Å². The lowest BCUT2D eigenvalue weighted by atomic mass is 10.1. The lowest BCUT2D eigenvalue weighted by Gasteiger charge is -2.32. The van der Waals surface area contributed by atoms with Gasteiger partial charge in [0.2, 0.25) is 0 Å². The van der Waals surface area contributed by atoms with E-state index in [1.165, 1.54) is 5.56 Å². The Bertz CT molecular complexity index is 323. The molecule has 1 aliphatic rings. The van der Waals surface area contributed by atoms with Crippen molar-refractivity contribution >= 4 is 11.6 Å². The van der Waals surface area contributed by atoms with Crippen LogP contribution in [-0.4, -0.2) is 31.2 Å². The number of hydrogen-bond acceptors (Lipinski definition) is 2. The first-order chi connectivity index (χ1) is 7.29. The van der Waals surface area contributed by atoms with Crippen LogP contribution in [0, 0.1) is 0 Å². The van der Waals surface area contributed by atoms with E-state index in [0.29, 0.717) is 6.04 Å². The molecule has 0 spiro atoms. The normalized spacial score (nSPS) is 20.1. The molecule has 0 radical (unpaired) electrons. The highest BCUT2D eigenvalue weighted by Gasteiger charge is 2.19. The Morgan fingerprint density at radius 3 is 2.60 bits per heavy atom. The average molecular weight is 226 g/mol. The highest BCUT2D eigenvalue weighted by molar-refractivity contribution is 6.31. The number of ether oxygens (including phenoxy) is 1. The van der Waals surface area contributed by atoms with Gasteiger partial charge in [0, 0.05) is 24.2 Å². The lowest BCUT2D eigenvalue weighted by molar-refractivity contribution is 0.0199. The average Bonchev–Trinajstić information content (AvgIpc) is 2.30. The van der Waals surface area contributed by atoms with Gasteiger partial charge >= 0.3 is 0 Å². The zero-order chi connectivity index (χ0) is 10.7. The van der Waals surface area contributed by atoms with E-state index in [-0.39, 0.29) is 0 Å². The summed E-state index contributed by atoms with van der Waals surface area (Å²) in [5.41, 5.74) is 1.21. The van der Waals surface area contributed by atoms with Crippen molar-refractivity contribution in [3.05, 3.63) is 34.9 Å². The Labute approximate surface area is 95.8 Å². The van der Waals surface area contributed by atoms with Crippen molar-refractivity contribution < 1.29 is 4.74 Å². The van der Waals surface area contributed by atoms with Crippen molar-refractivity contribution in [1.29, 1.82) is 0 Å². The van der Waals surface area contributed by atoms with Gasteiger partial charge in [-0.25, -0.2) is 0 Å². The van der Waals surface area contributed by atoms with Gasteiger partial charge < -0.3 is 4.74 Å². The fourth-order valence-corrected chi connectivity index (χ4v) is 2.27. The van der Waals surface area contributed by atoms with Gasteiger partial charge in [0.15, 0.2) is 0 Å². The van der Waals surface area contributed by atoms with Gasteiger partial charge in [-0.3, -0.25) is 4.90 Å². The molecule has 1 atom stereocenters. The molecule has 82 valence electrons. The van der Waals surface area contributed by atoms with Crippen LogP contribution in [0.1, 0.15) is 18.5 Å². The Balaban J connectivity index is 2.12. The van der Waals surface area contributed by atoms with Crippen molar-refractivity contribution in [2.45, 2.75) is 13.0 Å². The maximum Gasteiger partial charge on any atom is 0.0594 e. The minimum absolute atomic E-state index is 0.377. The molecular formula is C12H16ClNO. The first-order valence-corrected chi connectivity index (χ1v) is 5.73. The molecule has 2 rings (SSSR count). The summed E-state index contributed by atoms with van der Waals surface area (Å²) in [5.74, 6) is 0. The number of hydrogen-bond donors (Lipinski definition) is 0. The summed E-state index contributed by atoms with van der Waals surface area (Å²) in [6.45, 7) is 5.84. The molecule has 1 aromatic carbocycles. The van der Waals surface area contributed by atoms with Gasteiger partial charge in [-0.1, -0.05) is 29.8 Å². The van der Waals surface area contributed by atoms with Crippen LogP contribution in [0.5, 0.6) is 0 Å². The number of halogens is 1. The van der Waals surface area contributed by atoms with Gasteiger partial charge in [0.1, 0.15) is 0 Å². The highest BCUT2D eigenvalue weighted by Crippen LogP contribution is 2.27. The van der Waals surface area contributed by atoms with Crippen LogP contribution in [0.15, 0.2) is 24.3 Å². The molecule has 0 amide bonds. The highest BCUT2D eigenvalue weighted by atomic mass is 35.5. The molecule has 0 unspecified atom stereocenters. The summed E-state index contributed by atoms with van der Waals surface area (Å²) in [6, 6.07) is 8.44. The molecular weight excluding hydrogens is 210 g/mol. The van der Waals surface area contributed by atoms with Gasteiger partial charge in [0.05, 0.1) is 13.2 Å². The van der Waals surface area contributed by atoms with Crippen molar-refractivity contribution in [3.8, 4) is 0 Å². The van der Waals surface area contributed by atoms with Gasteiger partial charge in [0.25, 0.3) is 0 Å². The molecule has 1 fully saturated rings. The Hall–Kier alpha value is -0.570. The standard InChI is InChI=1S/C12H16ClNO/c1-10(14-6-8-15-9-7-14)11-4-2-3-5-12(11)13/h2-5,10H,6-9H2,1H3/t10-/m1/s1. The number of nitrogens with zero attached hydrogens (tertiary/aromatic N) is 1. The smallest absolute Gasteiger partial charge is 0.0594 e. The van der Waals surface area contributed by atoms with Crippen LogP contribution in [-0.2, 0) is 4.74 Å². The summed E-state index contributed by atoms with van der Waals surface area (Å²) in [4.78, 5) is 2.41. The van der Waals surface area contributed by atoms with Crippen LogP contribution < -0.4 is 0 Å². The van der Waals surface area contributed by atoms with E-state index in [9.17, 15) is 0 Å². The largest absolute Gasteiger partial charge is 0.379 e. The minimum atomic E-state index is 0.377. The predicted molar refractivity (Wildman–Crippen MR) is 62.3 cm³/mol. The second-order valence-corrected chi connectivity index (χ2v) is 4.25. The summed E-state index contributed by atoms with van der Waals surface area (Å²) < 4.78 is 5.34. The monoisotopic (exact) mass is 225 g/mol. The van der Waals surface area contributed by atoms with Crippen LogP contribution in [0.25, 0.3) is 0 Å². The van der Waals surface area contributed by atoms with E-state index in [1.54, 1.807) is 0 Å². The minimum Gasteiger partial charge on any atom is -0.379 e. The second kappa shape index (κ2) is 4.97. The van der Waals surface area contributed by atoms with E-state index in [4.69, 9.17) is 16.3 Å². The Kier molecular flexibility index (Phi) is 3.62. The lowest BCUT2D eigenvalue weighted by Crippen LogP contribution is -2.38. The first kappa shape index (κ1) is 10.9. The van der Waals surface area contributed by atoms with Crippen LogP contribution in [0.2, 0.25) is 5.02 Å². The Morgan fingerprint density at radius 1 is 1.27 bits per heavy atom. The van der Waals surface area contributed by atoms with Gasteiger partial charge in [-0.05, 0) is 18.6 Å². The predicted octanol–water partition coefficient (Wildman–Crippen LogP) is 2.73. The van der Waals surface area contributed by atoms with Crippen molar-refractivity contribution in [2.24, 2.45) is 0 Å². The third-order valence-electron chi connectivity index (χ3n) is 2.95. The molecule has 1 saturated heterocycles. The maximum atomic E-state index is 6.18. The van der Waals surface area contributed by atoms with E-state index < -0.39 is 0 Å². The van der Waals surface area contributed by atoms with Crippen LogP contribution >= 0.6 is 11.6 Å². The molecule has 1 aromatic rings. The quantitative estimate of drug-likeness (QED) is 0.768. The molecule has 0 bridgehead atoms. The van der Waals surface area contributed by atoms with E-state index in [2.05, 4.69) is 17.9 Å². The van der Waals surface area contributed by atoms with Crippen molar-refractivity contribution in [1.82, 2.24) is 4.90 Å². The molecule has 0 N–H and O–H groups in total. The summed E-state index contributed by atoms with van der Waals surface area (Å²) in [5, 5.41) is 0.858. The zero-order valence-electron chi connectivity index (χ0n) is 8.95. The Morgan fingerprint density at radius 2 is 1.93 bits per heavy atom. The molecule has 0 aromatic heterocycles. The van der Waals surface area contributed by atoms with Gasteiger partial charge in [-0.2, -0.15) is 0 Å². The zero-order valence-corrected chi connectivity index (χ0v) is 9.70. The van der Waals surface area contributed by atoms with Crippen LogP contribution in [0.3, 0.4) is 0 Å². The summed E-state index contributed by atoms with van der Waals surface area (Å²) in [7, 11) is 0. The summed E-state index contributed by atoms with van der Waals surface area (Å²) in [6.07, 6.45) is 0. The van der Waals surface area contributed by atoms with Crippen LogP contribution in [0.4, 0.5) is 0 Å². The molecule has 1 aliphatic heterocycles. The summed E-state index contributed by atoms with van der Waals surface area (Å²) >= 11 is 6.18. The van der Waals surface area contributed by atoms with Crippen molar-refractivity contribution in [3.63, 3.8) is 0 Å². The molecule has 1 heterocycles. The molecule has 3 heteroatoms. The maximum absolute atomic E-state index is 6.18. The first-order valence-electron chi connectivity index (χ1n) is 5.35. The molecule has 15 heavy (non-hydrogen) atoms. The number of rotatable bonds is 2. The van der Waals surface area contributed by atoms with Gasteiger partial charge in [-0.15, -0.1) is 0 Å². The van der Waals surface area contributed by atoms with Crippen molar-refractivity contribution in [2.75, 3.05) is 26.3 Å². The van der Waals surface area contributed by atoms with E-state index in [1.807, 2.05) is 18.2 Å². The third kappa shape index (κ3) is 2.51. The molecule has 0 saturated carbocycles. The topological polar surface area (TPSA) is 12.5 Å². The second-order valence-electron chi connectivity index (χ2n) is 3.85. The van der Waals surface area contributed by atoms with E-state index >= 15 is 0 Å². The number of morpholine rings is 1. The number of benzene rings is 1. The molecule has 0 aliphatic carbocycles. The SMILES string of the molecule is C[C@H](c1ccccc1Cl)N1CCOCC1. The third-order valence-corrected chi connectivity index (χ3v) is 3.29. The molecule has 2 nitrogen and oxygen atoms in total. The fraction of sp³-hybridized carbons (Fsp3) is 0.500.